The minimum atomic E-state index is 0.554. The third-order valence-electron chi connectivity index (χ3n) is 3.39. The summed E-state index contributed by atoms with van der Waals surface area (Å²) in [5.41, 5.74) is 4.37. The van der Waals surface area contributed by atoms with Gasteiger partial charge in [0.05, 0.1) is 0 Å². The smallest absolute Gasteiger partial charge is 0.229 e. The topological polar surface area (TPSA) is 49.8 Å². The lowest BCUT2D eigenvalue weighted by Gasteiger charge is -2.11. The molecule has 4 nitrogen and oxygen atoms in total. The van der Waals surface area contributed by atoms with E-state index < -0.39 is 0 Å². The summed E-state index contributed by atoms with van der Waals surface area (Å²) in [6.45, 7) is 4.15. The molecule has 23 heavy (non-hydrogen) atoms. The van der Waals surface area contributed by atoms with E-state index in [0.29, 0.717) is 5.95 Å². The van der Waals surface area contributed by atoms with Gasteiger partial charge in [-0.2, -0.15) is 4.98 Å². The van der Waals surface area contributed by atoms with Gasteiger partial charge in [0.15, 0.2) is 0 Å². The van der Waals surface area contributed by atoms with Gasteiger partial charge >= 0.3 is 0 Å². The summed E-state index contributed by atoms with van der Waals surface area (Å²) in [5, 5.41) is 6.55. The Morgan fingerprint density at radius 1 is 0.957 bits per heavy atom. The molecule has 0 bridgehead atoms. The van der Waals surface area contributed by atoms with E-state index in [9.17, 15) is 0 Å². The van der Waals surface area contributed by atoms with E-state index in [-0.39, 0.29) is 0 Å². The van der Waals surface area contributed by atoms with Crippen LogP contribution in [0.3, 0.4) is 0 Å². The van der Waals surface area contributed by atoms with Crippen molar-refractivity contribution in [2.24, 2.45) is 0 Å². The van der Waals surface area contributed by atoms with Crippen LogP contribution in [-0.2, 0) is 0 Å². The Morgan fingerprint density at radius 3 is 2.65 bits per heavy atom. The lowest BCUT2D eigenvalue weighted by Crippen LogP contribution is -2.01. The van der Waals surface area contributed by atoms with Gasteiger partial charge < -0.3 is 10.6 Å². The number of anilines is 4. The van der Waals surface area contributed by atoms with Crippen molar-refractivity contribution >= 4 is 39.1 Å². The second-order valence-corrected chi connectivity index (χ2v) is 6.26. The van der Waals surface area contributed by atoms with E-state index in [0.717, 1.165) is 21.7 Å². The molecule has 0 aliphatic carbocycles. The Labute approximate surface area is 144 Å². The van der Waals surface area contributed by atoms with Crippen LogP contribution >= 0.6 is 15.9 Å². The van der Waals surface area contributed by atoms with Crippen LogP contribution in [0.4, 0.5) is 23.1 Å². The van der Waals surface area contributed by atoms with E-state index in [2.05, 4.69) is 68.6 Å². The molecule has 2 N–H and O–H groups in total. The number of rotatable bonds is 4. The lowest BCUT2D eigenvalue weighted by molar-refractivity contribution is 1.16. The van der Waals surface area contributed by atoms with E-state index in [4.69, 9.17) is 0 Å². The largest absolute Gasteiger partial charge is 0.340 e. The maximum atomic E-state index is 4.52. The van der Waals surface area contributed by atoms with Crippen molar-refractivity contribution in [3.63, 3.8) is 0 Å². The number of hydrogen-bond donors (Lipinski definition) is 2. The van der Waals surface area contributed by atoms with Crippen molar-refractivity contribution in [1.29, 1.82) is 0 Å². The summed E-state index contributed by atoms with van der Waals surface area (Å²) in [6, 6.07) is 16.1. The highest BCUT2D eigenvalue weighted by atomic mass is 79.9. The summed E-state index contributed by atoms with van der Waals surface area (Å²) in [7, 11) is 0. The summed E-state index contributed by atoms with van der Waals surface area (Å²) >= 11 is 3.46. The molecule has 1 aromatic heterocycles. The Hall–Kier alpha value is -2.40. The fraction of sp³-hybridized carbons (Fsp3) is 0.111. The predicted octanol–water partition coefficient (Wildman–Crippen LogP) is 5.34. The van der Waals surface area contributed by atoms with Crippen LogP contribution < -0.4 is 10.6 Å². The van der Waals surface area contributed by atoms with Gasteiger partial charge in [0.2, 0.25) is 5.95 Å². The monoisotopic (exact) mass is 368 g/mol. The molecule has 3 aromatic rings. The minimum Gasteiger partial charge on any atom is -0.340 e. The number of aromatic nitrogens is 2. The first-order valence-corrected chi connectivity index (χ1v) is 8.09. The van der Waals surface area contributed by atoms with E-state index in [1.54, 1.807) is 6.20 Å². The summed E-state index contributed by atoms with van der Waals surface area (Å²) in [4.78, 5) is 8.78. The van der Waals surface area contributed by atoms with Crippen LogP contribution in [-0.4, -0.2) is 9.97 Å². The van der Waals surface area contributed by atoms with Gasteiger partial charge in [-0.15, -0.1) is 0 Å². The van der Waals surface area contributed by atoms with Crippen LogP contribution in [0.1, 0.15) is 11.1 Å². The first-order chi connectivity index (χ1) is 11.1. The zero-order valence-electron chi connectivity index (χ0n) is 13.0. The van der Waals surface area contributed by atoms with Crippen LogP contribution in [0.2, 0.25) is 0 Å². The zero-order chi connectivity index (χ0) is 16.2. The third-order valence-corrected chi connectivity index (χ3v) is 3.89. The van der Waals surface area contributed by atoms with Gasteiger partial charge in [0.1, 0.15) is 5.82 Å². The highest BCUT2D eigenvalue weighted by Gasteiger charge is 2.03. The zero-order valence-corrected chi connectivity index (χ0v) is 14.6. The number of hydrogen-bond acceptors (Lipinski definition) is 4. The number of benzene rings is 2. The molecule has 0 amide bonds. The van der Waals surface area contributed by atoms with Crippen LogP contribution in [0.5, 0.6) is 0 Å². The fourth-order valence-corrected chi connectivity index (χ4v) is 2.59. The SMILES string of the molecule is Cc1ccc(C)c(Nc2ccnc(Nc3cccc(Br)c3)n2)c1. The van der Waals surface area contributed by atoms with Crippen molar-refractivity contribution in [3.8, 4) is 0 Å². The van der Waals surface area contributed by atoms with Crippen molar-refractivity contribution in [2.75, 3.05) is 10.6 Å². The molecule has 0 fully saturated rings. The molecule has 0 saturated heterocycles. The average Bonchev–Trinajstić information content (AvgIpc) is 2.51. The number of nitrogens with zero attached hydrogens (tertiary/aromatic N) is 2. The molecule has 5 heteroatoms. The highest BCUT2D eigenvalue weighted by Crippen LogP contribution is 2.22. The fourth-order valence-electron chi connectivity index (χ4n) is 2.19. The normalized spacial score (nSPS) is 10.4. The quantitative estimate of drug-likeness (QED) is 0.652. The first kappa shape index (κ1) is 15.5. The predicted molar refractivity (Wildman–Crippen MR) is 98.7 cm³/mol. The van der Waals surface area contributed by atoms with Crippen molar-refractivity contribution in [1.82, 2.24) is 9.97 Å². The van der Waals surface area contributed by atoms with Gasteiger partial charge in [-0.05, 0) is 55.3 Å². The molecule has 2 aromatic carbocycles. The van der Waals surface area contributed by atoms with Gasteiger partial charge in [-0.3, -0.25) is 0 Å². The number of nitrogens with one attached hydrogen (secondary N) is 2. The molecule has 1 heterocycles. The molecule has 0 radical (unpaired) electrons. The standard InChI is InChI=1S/C18H17BrN4/c1-12-6-7-13(2)16(10-12)22-17-8-9-20-18(23-17)21-15-5-3-4-14(19)11-15/h3-11H,1-2H3,(H2,20,21,22,23). The molecule has 0 saturated carbocycles. The average molecular weight is 369 g/mol. The minimum absolute atomic E-state index is 0.554. The van der Waals surface area contributed by atoms with Gasteiger partial charge in [0, 0.05) is 22.0 Å². The van der Waals surface area contributed by atoms with Crippen molar-refractivity contribution in [2.45, 2.75) is 13.8 Å². The molecular weight excluding hydrogens is 352 g/mol. The summed E-state index contributed by atoms with van der Waals surface area (Å²) < 4.78 is 1.01. The van der Waals surface area contributed by atoms with Crippen LogP contribution in [0.15, 0.2) is 59.2 Å². The highest BCUT2D eigenvalue weighted by molar-refractivity contribution is 9.10. The maximum absolute atomic E-state index is 4.52. The van der Waals surface area contributed by atoms with E-state index in [1.165, 1.54) is 11.1 Å². The molecule has 0 spiro atoms. The van der Waals surface area contributed by atoms with Gasteiger partial charge in [-0.25, -0.2) is 4.98 Å². The maximum Gasteiger partial charge on any atom is 0.229 e. The molecule has 0 atom stereocenters. The molecule has 0 aliphatic heterocycles. The van der Waals surface area contributed by atoms with Gasteiger partial charge in [-0.1, -0.05) is 34.1 Å². The lowest BCUT2D eigenvalue weighted by atomic mass is 10.1. The van der Waals surface area contributed by atoms with E-state index in [1.807, 2.05) is 30.3 Å². The molecule has 116 valence electrons. The van der Waals surface area contributed by atoms with Crippen LogP contribution in [0.25, 0.3) is 0 Å². The first-order valence-electron chi connectivity index (χ1n) is 7.30. The Kier molecular flexibility index (Phi) is 4.57. The summed E-state index contributed by atoms with van der Waals surface area (Å²) in [6.07, 6.45) is 1.74. The summed E-state index contributed by atoms with van der Waals surface area (Å²) in [5.74, 6) is 1.31. The van der Waals surface area contributed by atoms with Crippen LogP contribution in [0, 0.1) is 13.8 Å². The Morgan fingerprint density at radius 2 is 1.83 bits per heavy atom. The van der Waals surface area contributed by atoms with Crippen molar-refractivity contribution < 1.29 is 0 Å². The molecule has 3 rings (SSSR count). The molecule has 0 unspecified atom stereocenters. The van der Waals surface area contributed by atoms with Gasteiger partial charge in [0.25, 0.3) is 0 Å². The number of aryl methyl sites for hydroxylation is 2. The Balaban J connectivity index is 1.81. The van der Waals surface area contributed by atoms with E-state index >= 15 is 0 Å². The Bertz CT molecular complexity index is 833. The second kappa shape index (κ2) is 6.79. The third kappa shape index (κ3) is 4.07. The van der Waals surface area contributed by atoms with Crippen molar-refractivity contribution in [3.05, 3.63) is 70.3 Å². The molecular formula is C18H17BrN4. The second-order valence-electron chi connectivity index (χ2n) is 5.34. The number of halogens is 1. The molecule has 0 aliphatic rings.